The molecule has 5 N–H and O–H groups in total. The van der Waals surface area contributed by atoms with Crippen LogP contribution < -0.4 is 11.7 Å². The lowest BCUT2D eigenvalue weighted by molar-refractivity contribution is 0.282. The Bertz CT molecular complexity index is 118. The molecule has 0 aliphatic carbocycles. The minimum Gasteiger partial charge on any atom is -0.396 e. The molecule has 3 nitrogen and oxygen atoms in total. The van der Waals surface area contributed by atoms with Gasteiger partial charge in [0.1, 0.15) is 0 Å². The van der Waals surface area contributed by atoms with Crippen LogP contribution in [0, 0.1) is 0 Å². The Kier molecular flexibility index (Phi) is 25.7. The van der Waals surface area contributed by atoms with Crippen molar-refractivity contribution in [1.29, 1.82) is 0 Å². The third kappa shape index (κ3) is 23.4. The summed E-state index contributed by atoms with van der Waals surface area (Å²) in [4.78, 5) is 0. The monoisotopic (exact) mass is 274 g/mol. The van der Waals surface area contributed by atoms with E-state index >= 15 is 0 Å². The van der Waals surface area contributed by atoms with Crippen molar-refractivity contribution in [3.63, 3.8) is 0 Å². The summed E-state index contributed by atoms with van der Waals surface area (Å²) in [5.41, 5.74) is 0. The fraction of sp³-hybridized carbons (Fsp3) is 1.00. The predicted octanol–water partition coefficient (Wildman–Crippen LogP) is 4.28. The molecular weight excluding hydrogens is 236 g/mol. The molecule has 0 saturated heterocycles. The zero-order valence-corrected chi connectivity index (χ0v) is 13.2. The minimum atomic E-state index is 0.373. The van der Waals surface area contributed by atoms with Gasteiger partial charge >= 0.3 is 0 Å². The van der Waals surface area contributed by atoms with Crippen molar-refractivity contribution >= 4 is 0 Å². The molecule has 0 atom stereocenters. The van der Waals surface area contributed by atoms with Gasteiger partial charge in [-0.3, -0.25) is 11.7 Å². The zero-order chi connectivity index (χ0) is 14.6. The Morgan fingerprint density at radius 1 is 0.526 bits per heavy atom. The Balaban J connectivity index is 0. The topological polar surface area (TPSA) is 72.3 Å². The Labute approximate surface area is 121 Å². The molecule has 0 fully saturated rings. The first kappa shape index (κ1) is 21.2. The Morgan fingerprint density at radius 3 is 1.05 bits per heavy atom. The highest BCUT2D eigenvalue weighted by Crippen LogP contribution is 2.12. The van der Waals surface area contributed by atoms with Gasteiger partial charge in [-0.1, -0.05) is 90.4 Å². The third-order valence-corrected chi connectivity index (χ3v) is 3.51. The van der Waals surface area contributed by atoms with Crippen molar-refractivity contribution in [2.45, 2.75) is 96.8 Å². The van der Waals surface area contributed by atoms with Crippen LogP contribution in [-0.4, -0.2) is 11.7 Å². The van der Waals surface area contributed by atoms with Crippen molar-refractivity contribution < 1.29 is 5.11 Å². The summed E-state index contributed by atoms with van der Waals surface area (Å²) in [5.74, 6) is 8.00. The molecule has 0 aliphatic heterocycles. The fourth-order valence-corrected chi connectivity index (χ4v) is 2.31. The largest absolute Gasteiger partial charge is 0.396 e. The highest BCUT2D eigenvalue weighted by atomic mass is 16.2. The van der Waals surface area contributed by atoms with E-state index < -0.39 is 0 Å². The van der Waals surface area contributed by atoms with E-state index in [1.165, 1.54) is 83.5 Å². The minimum absolute atomic E-state index is 0.373. The first-order valence-corrected chi connectivity index (χ1v) is 8.36. The number of rotatable bonds is 14. The summed E-state index contributed by atoms with van der Waals surface area (Å²) in [7, 11) is 0. The van der Waals surface area contributed by atoms with E-state index in [4.69, 9.17) is 5.11 Å². The summed E-state index contributed by atoms with van der Waals surface area (Å²) in [6, 6.07) is 0. The molecule has 0 aliphatic rings. The molecule has 0 aromatic heterocycles. The average molecular weight is 274 g/mol. The van der Waals surface area contributed by atoms with E-state index in [0.29, 0.717) is 6.61 Å². The summed E-state index contributed by atoms with van der Waals surface area (Å²) in [5, 5.41) is 8.64. The van der Waals surface area contributed by atoms with Crippen LogP contribution in [0.1, 0.15) is 96.8 Å². The van der Waals surface area contributed by atoms with E-state index in [0.717, 1.165) is 6.42 Å². The highest BCUT2D eigenvalue weighted by molar-refractivity contribution is 4.48. The SMILES string of the molecule is CCCCCCCCCCCCCCCCO.NN. The summed E-state index contributed by atoms with van der Waals surface area (Å²) in [6.07, 6.45) is 19.2. The molecule has 0 amide bonds. The fourth-order valence-electron chi connectivity index (χ4n) is 2.31. The molecular formula is C16H38N2O. The van der Waals surface area contributed by atoms with Crippen molar-refractivity contribution in [2.24, 2.45) is 11.7 Å². The molecule has 0 saturated carbocycles. The Morgan fingerprint density at radius 2 is 0.789 bits per heavy atom. The van der Waals surface area contributed by atoms with E-state index in [1.54, 1.807) is 0 Å². The van der Waals surface area contributed by atoms with Crippen molar-refractivity contribution in [3.05, 3.63) is 0 Å². The van der Waals surface area contributed by atoms with Crippen LogP contribution in [0.3, 0.4) is 0 Å². The smallest absolute Gasteiger partial charge is 0.0431 e. The van der Waals surface area contributed by atoms with Crippen molar-refractivity contribution in [1.82, 2.24) is 0 Å². The quantitative estimate of drug-likeness (QED) is 0.251. The molecule has 118 valence electrons. The van der Waals surface area contributed by atoms with Gasteiger partial charge in [0.25, 0.3) is 0 Å². The molecule has 0 aromatic carbocycles. The number of unbranched alkanes of at least 4 members (excludes halogenated alkanes) is 13. The second-order valence-corrected chi connectivity index (χ2v) is 5.32. The first-order chi connectivity index (χ1) is 9.41. The van der Waals surface area contributed by atoms with E-state index in [9.17, 15) is 0 Å². The molecule has 0 spiro atoms. The van der Waals surface area contributed by atoms with Gasteiger partial charge in [0, 0.05) is 6.61 Å². The lowest BCUT2D eigenvalue weighted by Crippen LogP contribution is -2.02. The number of nitrogens with two attached hydrogens (primary N) is 2. The summed E-state index contributed by atoms with van der Waals surface area (Å²) in [6.45, 7) is 2.65. The maximum absolute atomic E-state index is 8.64. The number of aliphatic hydroxyl groups is 1. The lowest BCUT2D eigenvalue weighted by atomic mass is 10.0. The molecule has 0 unspecified atom stereocenters. The van der Waals surface area contributed by atoms with Gasteiger partial charge in [0.05, 0.1) is 0 Å². The van der Waals surface area contributed by atoms with Crippen LogP contribution in [0.15, 0.2) is 0 Å². The van der Waals surface area contributed by atoms with E-state index in [2.05, 4.69) is 18.6 Å². The molecule has 3 heteroatoms. The second-order valence-electron chi connectivity index (χ2n) is 5.32. The van der Waals surface area contributed by atoms with E-state index in [1.807, 2.05) is 0 Å². The first-order valence-electron chi connectivity index (χ1n) is 8.36. The summed E-state index contributed by atoms with van der Waals surface area (Å²) < 4.78 is 0. The van der Waals surface area contributed by atoms with Crippen LogP contribution in [0.2, 0.25) is 0 Å². The highest BCUT2D eigenvalue weighted by Gasteiger charge is 1.93. The molecule has 0 heterocycles. The van der Waals surface area contributed by atoms with E-state index in [-0.39, 0.29) is 0 Å². The molecule has 19 heavy (non-hydrogen) atoms. The van der Waals surface area contributed by atoms with Gasteiger partial charge in [-0.15, -0.1) is 0 Å². The van der Waals surface area contributed by atoms with Gasteiger partial charge in [0.2, 0.25) is 0 Å². The van der Waals surface area contributed by atoms with Crippen LogP contribution in [-0.2, 0) is 0 Å². The lowest BCUT2D eigenvalue weighted by Gasteiger charge is -2.02. The van der Waals surface area contributed by atoms with Crippen molar-refractivity contribution in [3.8, 4) is 0 Å². The van der Waals surface area contributed by atoms with Gasteiger partial charge < -0.3 is 5.11 Å². The number of aliphatic hydroxyl groups excluding tert-OH is 1. The molecule has 0 rings (SSSR count). The van der Waals surface area contributed by atoms with Crippen LogP contribution in [0.25, 0.3) is 0 Å². The summed E-state index contributed by atoms with van der Waals surface area (Å²) >= 11 is 0. The molecule has 0 aromatic rings. The van der Waals surface area contributed by atoms with Crippen LogP contribution in [0.5, 0.6) is 0 Å². The van der Waals surface area contributed by atoms with Crippen LogP contribution >= 0.6 is 0 Å². The number of hydrogen-bond donors (Lipinski definition) is 3. The normalized spacial score (nSPS) is 10.1. The molecule has 0 bridgehead atoms. The average Bonchev–Trinajstić information content (AvgIpc) is 2.46. The number of hydrazine groups is 1. The maximum Gasteiger partial charge on any atom is 0.0431 e. The van der Waals surface area contributed by atoms with Gasteiger partial charge in [-0.2, -0.15) is 0 Å². The molecule has 0 radical (unpaired) electrons. The standard InChI is InChI=1S/C16H34O.H4N2/c1-2-3-4-5-6-7-8-9-10-11-12-13-14-15-16-17;1-2/h17H,2-16H2,1H3;1-2H2. The second kappa shape index (κ2) is 23.0. The maximum atomic E-state index is 8.64. The zero-order valence-electron chi connectivity index (χ0n) is 13.2. The van der Waals surface area contributed by atoms with Gasteiger partial charge in [-0.05, 0) is 6.42 Å². The van der Waals surface area contributed by atoms with Crippen LogP contribution in [0.4, 0.5) is 0 Å². The number of hydrogen-bond acceptors (Lipinski definition) is 3. The van der Waals surface area contributed by atoms with Crippen molar-refractivity contribution in [2.75, 3.05) is 6.61 Å². The van der Waals surface area contributed by atoms with Gasteiger partial charge in [0.15, 0.2) is 0 Å². The third-order valence-electron chi connectivity index (χ3n) is 3.51. The Hall–Kier alpha value is -0.120. The predicted molar refractivity (Wildman–Crippen MR) is 85.8 cm³/mol. The van der Waals surface area contributed by atoms with Gasteiger partial charge in [-0.25, -0.2) is 0 Å².